The molecule has 2 rings (SSSR count). The van der Waals surface area contributed by atoms with E-state index in [4.69, 9.17) is 16.3 Å². The monoisotopic (exact) mass is 266 g/mol. The van der Waals surface area contributed by atoms with Crippen molar-refractivity contribution >= 4 is 11.6 Å². The van der Waals surface area contributed by atoms with Crippen molar-refractivity contribution in [2.75, 3.05) is 0 Å². The fourth-order valence-corrected chi connectivity index (χ4v) is 3.44. The quantitative estimate of drug-likeness (QED) is 0.716. The van der Waals surface area contributed by atoms with Gasteiger partial charge >= 0.3 is 0 Å². The Bertz CT molecular complexity index is 423. The lowest BCUT2D eigenvalue weighted by Gasteiger charge is -2.28. The Morgan fingerprint density at radius 2 is 2.17 bits per heavy atom. The molecule has 2 unspecified atom stereocenters. The lowest BCUT2D eigenvalue weighted by Crippen LogP contribution is -2.25. The fraction of sp³-hybridized carbons (Fsp3) is 0.625. The van der Waals surface area contributed by atoms with Crippen LogP contribution in [0.2, 0.25) is 0 Å². The highest BCUT2D eigenvalue weighted by atomic mass is 35.5. The van der Waals surface area contributed by atoms with Crippen molar-refractivity contribution in [1.82, 2.24) is 0 Å². The van der Waals surface area contributed by atoms with Crippen LogP contribution >= 0.6 is 11.6 Å². The van der Waals surface area contributed by atoms with E-state index in [-0.39, 0.29) is 10.8 Å². The predicted molar refractivity (Wildman–Crippen MR) is 77.6 cm³/mol. The summed E-state index contributed by atoms with van der Waals surface area (Å²) in [5.41, 5.74) is 2.91. The van der Waals surface area contributed by atoms with Crippen molar-refractivity contribution in [3.63, 3.8) is 0 Å². The van der Waals surface area contributed by atoms with Crippen LogP contribution in [0.4, 0.5) is 0 Å². The predicted octanol–water partition coefficient (Wildman–Crippen LogP) is 4.73. The number of ether oxygens (including phenoxy) is 1. The molecular weight excluding hydrogens is 244 g/mol. The molecule has 0 aliphatic carbocycles. The zero-order valence-corrected chi connectivity index (χ0v) is 12.6. The summed E-state index contributed by atoms with van der Waals surface area (Å²) in [5.74, 6) is 1.07. The molecule has 1 aromatic carbocycles. The first kappa shape index (κ1) is 13.7. The highest BCUT2D eigenvalue weighted by molar-refractivity contribution is 6.20. The normalized spacial score (nSPS) is 20.4. The Hall–Kier alpha value is -0.690. The van der Waals surface area contributed by atoms with Gasteiger partial charge in [0.25, 0.3) is 0 Å². The highest BCUT2D eigenvalue weighted by Crippen LogP contribution is 2.37. The second kappa shape index (κ2) is 5.13. The molecule has 1 aromatic rings. The van der Waals surface area contributed by atoms with Gasteiger partial charge in [-0.25, -0.2) is 0 Å². The van der Waals surface area contributed by atoms with E-state index < -0.39 is 0 Å². The summed E-state index contributed by atoms with van der Waals surface area (Å²) in [6, 6.07) is 6.46. The summed E-state index contributed by atoms with van der Waals surface area (Å²) in [7, 11) is 0. The maximum atomic E-state index is 6.12. The van der Waals surface area contributed by atoms with Gasteiger partial charge in [0, 0.05) is 11.8 Å². The van der Waals surface area contributed by atoms with E-state index in [9.17, 15) is 0 Å². The molecule has 2 atom stereocenters. The van der Waals surface area contributed by atoms with Crippen molar-refractivity contribution < 1.29 is 4.74 Å². The smallest absolute Gasteiger partial charge is 0.123 e. The maximum absolute atomic E-state index is 6.12. The number of aryl methyl sites for hydroxylation is 1. The van der Waals surface area contributed by atoms with Crippen LogP contribution in [0.5, 0.6) is 5.75 Å². The average molecular weight is 267 g/mol. The molecule has 1 heterocycles. The molecule has 0 saturated carbocycles. The van der Waals surface area contributed by atoms with Crippen molar-refractivity contribution in [2.45, 2.75) is 58.4 Å². The SMILES string of the molecule is Cc1ccc2c(c1)CC(CC(C)(C)CC(C)Cl)O2. The Kier molecular flexibility index (Phi) is 3.91. The number of halogens is 1. The molecule has 2 heteroatoms. The van der Waals surface area contributed by atoms with E-state index in [1.165, 1.54) is 11.1 Å². The average Bonchev–Trinajstić information content (AvgIpc) is 2.55. The van der Waals surface area contributed by atoms with E-state index >= 15 is 0 Å². The molecule has 0 N–H and O–H groups in total. The van der Waals surface area contributed by atoms with Crippen molar-refractivity contribution in [3.8, 4) is 5.75 Å². The third-order valence-corrected chi connectivity index (χ3v) is 3.73. The maximum Gasteiger partial charge on any atom is 0.123 e. The van der Waals surface area contributed by atoms with Crippen LogP contribution in [-0.2, 0) is 6.42 Å². The Morgan fingerprint density at radius 3 is 2.83 bits per heavy atom. The first-order valence-corrected chi connectivity index (χ1v) is 7.20. The number of hydrogen-bond donors (Lipinski definition) is 0. The minimum Gasteiger partial charge on any atom is -0.490 e. The third kappa shape index (κ3) is 3.41. The molecule has 0 radical (unpaired) electrons. The van der Waals surface area contributed by atoms with E-state index in [2.05, 4.69) is 45.9 Å². The van der Waals surface area contributed by atoms with E-state index in [0.29, 0.717) is 6.10 Å². The van der Waals surface area contributed by atoms with Crippen molar-refractivity contribution in [2.24, 2.45) is 5.41 Å². The van der Waals surface area contributed by atoms with Gasteiger partial charge in [0.15, 0.2) is 0 Å². The molecule has 1 aliphatic heterocycles. The molecule has 0 bridgehead atoms. The second-order valence-electron chi connectivity index (χ2n) is 6.41. The van der Waals surface area contributed by atoms with Gasteiger partial charge < -0.3 is 4.74 Å². The largest absolute Gasteiger partial charge is 0.490 e. The molecule has 0 spiro atoms. The minimum absolute atomic E-state index is 0.228. The van der Waals surface area contributed by atoms with Crippen LogP contribution in [0.1, 0.15) is 44.7 Å². The molecule has 100 valence electrons. The number of alkyl halides is 1. The minimum atomic E-state index is 0.228. The second-order valence-corrected chi connectivity index (χ2v) is 7.15. The molecule has 1 nitrogen and oxygen atoms in total. The Morgan fingerprint density at radius 1 is 1.44 bits per heavy atom. The first-order chi connectivity index (χ1) is 8.35. The molecule has 0 aromatic heterocycles. The lowest BCUT2D eigenvalue weighted by atomic mass is 9.81. The molecule has 0 saturated heterocycles. The number of rotatable bonds is 4. The molecule has 0 amide bonds. The highest BCUT2D eigenvalue weighted by Gasteiger charge is 2.30. The molecule has 1 aliphatic rings. The lowest BCUT2D eigenvalue weighted by molar-refractivity contribution is 0.150. The summed E-state index contributed by atoms with van der Waals surface area (Å²) in [5, 5.41) is 0.228. The third-order valence-electron chi connectivity index (χ3n) is 3.57. The van der Waals surface area contributed by atoms with Crippen LogP contribution in [0.3, 0.4) is 0 Å². The van der Waals surface area contributed by atoms with Gasteiger partial charge in [-0.3, -0.25) is 0 Å². The number of benzene rings is 1. The topological polar surface area (TPSA) is 9.23 Å². The van der Waals surface area contributed by atoms with Crippen LogP contribution in [0, 0.1) is 12.3 Å². The first-order valence-electron chi connectivity index (χ1n) is 6.76. The summed E-state index contributed by atoms with van der Waals surface area (Å²) in [6.45, 7) is 8.76. The molecular formula is C16H23ClO. The number of hydrogen-bond acceptors (Lipinski definition) is 1. The molecule has 18 heavy (non-hydrogen) atoms. The van der Waals surface area contributed by atoms with Crippen molar-refractivity contribution in [1.29, 1.82) is 0 Å². The summed E-state index contributed by atoms with van der Waals surface area (Å²) in [4.78, 5) is 0. The van der Waals surface area contributed by atoms with Gasteiger partial charge in [-0.15, -0.1) is 11.6 Å². The molecule has 0 fully saturated rings. The summed E-state index contributed by atoms with van der Waals surface area (Å²) < 4.78 is 6.04. The summed E-state index contributed by atoms with van der Waals surface area (Å²) in [6.07, 6.45) is 3.45. The standard InChI is InChI=1S/C16H23ClO/c1-11-5-6-15-13(7-11)8-14(18-15)10-16(3,4)9-12(2)17/h5-7,12,14H,8-10H2,1-4H3. The Labute approximate surface area is 115 Å². The van der Waals surface area contributed by atoms with Gasteiger partial charge in [-0.05, 0) is 43.7 Å². The van der Waals surface area contributed by atoms with Crippen LogP contribution in [-0.4, -0.2) is 11.5 Å². The fourth-order valence-electron chi connectivity index (χ4n) is 3.02. The van der Waals surface area contributed by atoms with Gasteiger partial charge in [0.1, 0.15) is 11.9 Å². The van der Waals surface area contributed by atoms with Crippen LogP contribution in [0.15, 0.2) is 18.2 Å². The number of fused-ring (bicyclic) bond motifs is 1. The van der Waals surface area contributed by atoms with E-state index in [1.54, 1.807) is 0 Å². The van der Waals surface area contributed by atoms with Gasteiger partial charge in [0.05, 0.1) is 0 Å². The van der Waals surface area contributed by atoms with Crippen LogP contribution < -0.4 is 4.74 Å². The van der Waals surface area contributed by atoms with Crippen molar-refractivity contribution in [3.05, 3.63) is 29.3 Å². The van der Waals surface area contributed by atoms with Crippen LogP contribution in [0.25, 0.3) is 0 Å². The zero-order valence-electron chi connectivity index (χ0n) is 11.8. The van der Waals surface area contributed by atoms with E-state index in [1.807, 2.05) is 0 Å². The zero-order chi connectivity index (χ0) is 13.3. The van der Waals surface area contributed by atoms with Gasteiger partial charge in [0.2, 0.25) is 0 Å². The Balaban J connectivity index is 1.99. The van der Waals surface area contributed by atoms with E-state index in [0.717, 1.165) is 25.0 Å². The summed E-state index contributed by atoms with van der Waals surface area (Å²) >= 11 is 6.12. The van der Waals surface area contributed by atoms with Gasteiger partial charge in [-0.2, -0.15) is 0 Å². The van der Waals surface area contributed by atoms with Gasteiger partial charge in [-0.1, -0.05) is 31.5 Å².